The van der Waals surface area contributed by atoms with Gasteiger partial charge in [0, 0.05) is 37.5 Å². The zero-order valence-electron chi connectivity index (χ0n) is 29.8. The molecule has 55 heavy (non-hydrogen) atoms. The molecule has 11 rings (SSSR count). The molecule has 2 aromatic heterocycles. The summed E-state index contributed by atoms with van der Waals surface area (Å²) >= 11 is 1.86. The van der Waals surface area contributed by atoms with Crippen LogP contribution in [0.25, 0.3) is 86.3 Å². The second-order valence-corrected chi connectivity index (χ2v) is 15.1. The quantitative estimate of drug-likeness (QED) is 0.170. The Morgan fingerprint density at radius 3 is 1.93 bits per heavy atom. The molecule has 11 aromatic rings. The van der Waals surface area contributed by atoms with E-state index in [2.05, 4.69) is 193 Å². The van der Waals surface area contributed by atoms with Crippen LogP contribution in [0.2, 0.25) is 0 Å². The maximum Gasteiger partial charge on any atom is 0.136 e. The van der Waals surface area contributed by atoms with Crippen molar-refractivity contribution in [1.29, 1.82) is 0 Å². The van der Waals surface area contributed by atoms with Gasteiger partial charge in [-0.2, -0.15) is 0 Å². The first-order chi connectivity index (χ1) is 27.3. The number of rotatable bonds is 6. The van der Waals surface area contributed by atoms with Crippen LogP contribution in [0.15, 0.2) is 205 Å². The van der Waals surface area contributed by atoms with Crippen molar-refractivity contribution in [3.05, 3.63) is 200 Å². The molecule has 0 saturated heterocycles. The molecule has 0 aliphatic rings. The molecule has 0 atom stereocenters. The molecule has 0 N–H and O–H groups in total. The van der Waals surface area contributed by atoms with Crippen LogP contribution in [0, 0.1) is 0 Å². The van der Waals surface area contributed by atoms with Gasteiger partial charge in [0.2, 0.25) is 0 Å². The fourth-order valence-electron chi connectivity index (χ4n) is 8.37. The fourth-order valence-corrected chi connectivity index (χ4v) is 9.57. The van der Waals surface area contributed by atoms with Gasteiger partial charge in [0.25, 0.3) is 0 Å². The van der Waals surface area contributed by atoms with E-state index in [1.54, 1.807) is 0 Å². The number of hydrogen-bond acceptors (Lipinski definition) is 3. The van der Waals surface area contributed by atoms with Gasteiger partial charge in [-0.25, -0.2) is 0 Å². The summed E-state index contributed by atoms with van der Waals surface area (Å²) < 4.78 is 8.88. The van der Waals surface area contributed by atoms with Crippen molar-refractivity contribution < 1.29 is 4.42 Å². The fraction of sp³-hybridized carbons (Fsp3) is 0. The standard InChI is InChI=1S/C52H33NOS/c1-2-14-34(15-3-1)39-23-11-16-35-17-12-24-44(51(35)39)40-20-4-7-26-46(40)53(47-27-13-25-45-43-22-6-9-29-50(43)55-52(45)47)38-19-10-18-36(32-38)37-30-31-42-41-21-5-8-28-48(41)54-49(42)33-37/h1-33H. The van der Waals surface area contributed by atoms with E-state index < -0.39 is 0 Å². The number of hydrogen-bond donors (Lipinski definition) is 0. The molecular formula is C52H33NOS. The Balaban J connectivity index is 1.16. The summed E-state index contributed by atoms with van der Waals surface area (Å²) in [6.45, 7) is 0. The monoisotopic (exact) mass is 719 g/mol. The van der Waals surface area contributed by atoms with Gasteiger partial charge in [-0.05, 0) is 87.1 Å². The van der Waals surface area contributed by atoms with Crippen LogP contribution in [0.4, 0.5) is 17.1 Å². The largest absolute Gasteiger partial charge is 0.456 e. The first kappa shape index (κ1) is 31.6. The molecule has 0 aliphatic heterocycles. The Kier molecular flexibility index (Phi) is 7.39. The molecule has 2 heterocycles. The topological polar surface area (TPSA) is 16.4 Å². The molecule has 0 unspecified atom stereocenters. The van der Waals surface area contributed by atoms with Gasteiger partial charge in [-0.3, -0.25) is 0 Å². The van der Waals surface area contributed by atoms with E-state index in [-0.39, 0.29) is 0 Å². The third kappa shape index (κ3) is 5.24. The molecule has 0 saturated carbocycles. The molecule has 0 bridgehead atoms. The maximum absolute atomic E-state index is 6.34. The first-order valence-electron chi connectivity index (χ1n) is 18.7. The van der Waals surface area contributed by atoms with Crippen molar-refractivity contribution in [2.24, 2.45) is 0 Å². The number of furan rings is 1. The molecule has 258 valence electrons. The summed E-state index contributed by atoms with van der Waals surface area (Å²) in [6.07, 6.45) is 0. The van der Waals surface area contributed by atoms with Gasteiger partial charge in [-0.1, -0.05) is 152 Å². The van der Waals surface area contributed by atoms with E-state index in [1.807, 2.05) is 23.5 Å². The molecule has 2 nitrogen and oxygen atoms in total. The van der Waals surface area contributed by atoms with Gasteiger partial charge in [0.1, 0.15) is 11.2 Å². The average molecular weight is 720 g/mol. The minimum atomic E-state index is 0.895. The normalized spacial score (nSPS) is 11.6. The van der Waals surface area contributed by atoms with Crippen molar-refractivity contribution in [3.8, 4) is 33.4 Å². The van der Waals surface area contributed by atoms with E-state index in [9.17, 15) is 0 Å². The summed E-state index contributed by atoms with van der Waals surface area (Å²) in [6, 6.07) is 72.3. The average Bonchev–Trinajstić information content (AvgIpc) is 3.83. The predicted octanol–water partition coefficient (Wildman–Crippen LogP) is 15.6. The lowest BCUT2D eigenvalue weighted by Gasteiger charge is -2.29. The third-order valence-electron chi connectivity index (χ3n) is 10.9. The van der Waals surface area contributed by atoms with Crippen LogP contribution < -0.4 is 4.90 Å². The number of nitrogens with zero attached hydrogens (tertiary/aromatic N) is 1. The SMILES string of the molecule is c1ccc(-c2cccc3cccc(-c4ccccc4N(c4cccc(-c5ccc6c(c5)oc5ccccc56)c4)c4cccc5c4sc4ccccc45)c23)cc1. The molecule has 0 aliphatic carbocycles. The lowest BCUT2D eigenvalue weighted by molar-refractivity contribution is 0.669. The van der Waals surface area contributed by atoms with Crippen molar-refractivity contribution >= 4 is 81.3 Å². The molecular weight excluding hydrogens is 687 g/mol. The Morgan fingerprint density at radius 2 is 1.02 bits per heavy atom. The van der Waals surface area contributed by atoms with Crippen molar-refractivity contribution in [1.82, 2.24) is 0 Å². The summed E-state index contributed by atoms with van der Waals surface area (Å²) in [7, 11) is 0. The van der Waals surface area contributed by atoms with Crippen LogP contribution in [-0.4, -0.2) is 0 Å². The minimum Gasteiger partial charge on any atom is -0.456 e. The zero-order chi connectivity index (χ0) is 36.3. The first-order valence-corrected chi connectivity index (χ1v) is 19.5. The summed E-state index contributed by atoms with van der Waals surface area (Å²) in [5.41, 5.74) is 12.2. The highest BCUT2D eigenvalue weighted by atomic mass is 32.1. The number of benzene rings is 9. The Morgan fingerprint density at radius 1 is 0.382 bits per heavy atom. The maximum atomic E-state index is 6.34. The Hall–Kier alpha value is -6.94. The van der Waals surface area contributed by atoms with E-state index in [4.69, 9.17) is 4.42 Å². The highest BCUT2D eigenvalue weighted by Crippen LogP contribution is 2.49. The van der Waals surface area contributed by atoms with Crippen LogP contribution >= 0.6 is 11.3 Å². The Labute approximate surface area is 322 Å². The lowest BCUT2D eigenvalue weighted by atomic mass is 9.90. The lowest BCUT2D eigenvalue weighted by Crippen LogP contribution is -2.11. The Bertz CT molecular complexity index is 3220. The third-order valence-corrected chi connectivity index (χ3v) is 12.1. The van der Waals surface area contributed by atoms with Crippen LogP contribution in [0.1, 0.15) is 0 Å². The van der Waals surface area contributed by atoms with Crippen molar-refractivity contribution in [2.45, 2.75) is 0 Å². The van der Waals surface area contributed by atoms with E-state index in [0.29, 0.717) is 0 Å². The van der Waals surface area contributed by atoms with Crippen LogP contribution in [0.3, 0.4) is 0 Å². The van der Waals surface area contributed by atoms with Gasteiger partial charge >= 0.3 is 0 Å². The van der Waals surface area contributed by atoms with Gasteiger partial charge in [0.15, 0.2) is 0 Å². The number of fused-ring (bicyclic) bond motifs is 7. The molecule has 3 heteroatoms. The molecule has 0 amide bonds. The number of thiophene rings is 1. The van der Waals surface area contributed by atoms with Crippen molar-refractivity contribution in [3.63, 3.8) is 0 Å². The number of para-hydroxylation sites is 2. The zero-order valence-corrected chi connectivity index (χ0v) is 30.6. The minimum absolute atomic E-state index is 0.895. The van der Waals surface area contributed by atoms with Crippen molar-refractivity contribution in [2.75, 3.05) is 4.90 Å². The summed E-state index contributed by atoms with van der Waals surface area (Å²) in [4.78, 5) is 2.47. The highest BCUT2D eigenvalue weighted by Gasteiger charge is 2.23. The summed E-state index contributed by atoms with van der Waals surface area (Å²) in [5.74, 6) is 0. The number of anilines is 3. The van der Waals surface area contributed by atoms with E-state index >= 15 is 0 Å². The second-order valence-electron chi connectivity index (χ2n) is 14.0. The van der Waals surface area contributed by atoms with Gasteiger partial charge in [-0.15, -0.1) is 11.3 Å². The van der Waals surface area contributed by atoms with Crippen LogP contribution in [0.5, 0.6) is 0 Å². The van der Waals surface area contributed by atoms with E-state index in [1.165, 1.54) is 53.2 Å². The van der Waals surface area contributed by atoms with Gasteiger partial charge < -0.3 is 9.32 Å². The molecule has 0 spiro atoms. The molecule has 9 aromatic carbocycles. The smallest absolute Gasteiger partial charge is 0.136 e. The van der Waals surface area contributed by atoms with Gasteiger partial charge in [0.05, 0.1) is 16.1 Å². The second kappa shape index (κ2) is 12.9. The molecule has 0 radical (unpaired) electrons. The van der Waals surface area contributed by atoms with Crippen LogP contribution in [-0.2, 0) is 0 Å². The predicted molar refractivity (Wildman–Crippen MR) is 235 cm³/mol. The highest BCUT2D eigenvalue weighted by molar-refractivity contribution is 7.26. The molecule has 0 fully saturated rings. The summed E-state index contributed by atoms with van der Waals surface area (Å²) in [5, 5.41) is 7.29. The van der Waals surface area contributed by atoms with E-state index in [0.717, 1.165) is 50.1 Å².